The summed E-state index contributed by atoms with van der Waals surface area (Å²) in [7, 11) is 0. The second-order valence-corrected chi connectivity index (χ2v) is 6.33. The molecule has 3 aromatic rings. The zero-order valence-corrected chi connectivity index (χ0v) is 15.0. The Balaban J connectivity index is 1.96. The van der Waals surface area contributed by atoms with Crippen molar-refractivity contribution < 1.29 is 4.79 Å². The minimum absolute atomic E-state index is 0.0532. The van der Waals surface area contributed by atoms with E-state index in [-0.39, 0.29) is 5.78 Å². The smallest absolute Gasteiger partial charge is 0.152 e. The van der Waals surface area contributed by atoms with Crippen LogP contribution in [0.1, 0.15) is 23.6 Å². The SMILES string of the molecule is CC(=O)/C=C/c1ccccc1N(Cc1ccccc1)Cc1ccccc1. The summed E-state index contributed by atoms with van der Waals surface area (Å²) in [6.07, 6.45) is 3.53. The van der Waals surface area contributed by atoms with E-state index in [9.17, 15) is 4.79 Å². The molecule has 0 spiro atoms. The molecule has 0 saturated heterocycles. The summed E-state index contributed by atoms with van der Waals surface area (Å²) in [4.78, 5) is 13.7. The van der Waals surface area contributed by atoms with Crippen LogP contribution in [-0.4, -0.2) is 5.78 Å². The van der Waals surface area contributed by atoms with Crippen molar-refractivity contribution in [2.24, 2.45) is 0 Å². The molecule has 0 radical (unpaired) electrons. The highest BCUT2D eigenvalue weighted by Crippen LogP contribution is 2.25. The van der Waals surface area contributed by atoms with Crippen molar-refractivity contribution in [3.63, 3.8) is 0 Å². The molecular weight excluding hydrogens is 318 g/mol. The minimum atomic E-state index is 0.0532. The van der Waals surface area contributed by atoms with E-state index >= 15 is 0 Å². The van der Waals surface area contributed by atoms with Crippen molar-refractivity contribution in [3.8, 4) is 0 Å². The normalized spacial score (nSPS) is 10.8. The molecule has 0 heterocycles. The maximum absolute atomic E-state index is 11.4. The first kappa shape index (κ1) is 17.7. The molecule has 3 aromatic carbocycles. The summed E-state index contributed by atoms with van der Waals surface area (Å²) in [5.74, 6) is 0.0532. The molecule has 2 nitrogen and oxygen atoms in total. The standard InChI is InChI=1S/C24H23NO/c1-20(26)16-17-23-14-8-9-15-24(23)25(18-21-10-4-2-5-11-21)19-22-12-6-3-7-13-22/h2-17H,18-19H2,1H3/b17-16+. The Morgan fingerprint density at radius 3 is 1.81 bits per heavy atom. The van der Waals surface area contributed by atoms with Gasteiger partial charge in [0.25, 0.3) is 0 Å². The Labute approximate surface area is 155 Å². The number of allylic oxidation sites excluding steroid dienone is 1. The van der Waals surface area contributed by atoms with Gasteiger partial charge in [0.2, 0.25) is 0 Å². The average molecular weight is 341 g/mol. The van der Waals surface area contributed by atoms with Gasteiger partial charge in [0.05, 0.1) is 0 Å². The zero-order chi connectivity index (χ0) is 18.2. The van der Waals surface area contributed by atoms with Crippen molar-refractivity contribution in [3.05, 3.63) is 108 Å². The molecule has 0 aliphatic rings. The van der Waals surface area contributed by atoms with Gasteiger partial charge in [-0.3, -0.25) is 4.79 Å². The fourth-order valence-electron chi connectivity index (χ4n) is 2.96. The number of para-hydroxylation sites is 1. The van der Waals surface area contributed by atoms with Gasteiger partial charge in [0.1, 0.15) is 0 Å². The number of carbonyl (C=O) groups is 1. The van der Waals surface area contributed by atoms with Crippen LogP contribution in [0.25, 0.3) is 6.08 Å². The molecule has 0 aliphatic heterocycles. The Hall–Kier alpha value is -3.13. The highest BCUT2D eigenvalue weighted by Gasteiger charge is 2.11. The number of nitrogens with zero attached hydrogens (tertiary/aromatic N) is 1. The molecule has 0 aromatic heterocycles. The summed E-state index contributed by atoms with van der Waals surface area (Å²) in [6.45, 7) is 3.19. The first-order valence-corrected chi connectivity index (χ1v) is 8.83. The van der Waals surface area contributed by atoms with Crippen LogP contribution in [0.2, 0.25) is 0 Å². The molecule has 130 valence electrons. The Morgan fingerprint density at radius 2 is 1.27 bits per heavy atom. The number of anilines is 1. The van der Waals surface area contributed by atoms with E-state index in [1.807, 2.05) is 30.3 Å². The molecular formula is C24H23NO. The number of carbonyl (C=O) groups excluding carboxylic acids is 1. The number of hydrogen-bond acceptors (Lipinski definition) is 2. The molecule has 0 amide bonds. The zero-order valence-electron chi connectivity index (χ0n) is 15.0. The largest absolute Gasteiger partial charge is 0.362 e. The van der Waals surface area contributed by atoms with Crippen molar-refractivity contribution in [1.29, 1.82) is 0 Å². The number of hydrogen-bond donors (Lipinski definition) is 0. The second kappa shape index (κ2) is 8.82. The van der Waals surface area contributed by atoms with Crippen LogP contribution in [0.5, 0.6) is 0 Å². The molecule has 0 fully saturated rings. The van der Waals surface area contributed by atoms with Gasteiger partial charge in [-0.2, -0.15) is 0 Å². The third kappa shape index (κ3) is 4.93. The minimum Gasteiger partial charge on any atom is -0.362 e. The van der Waals surface area contributed by atoms with E-state index in [0.717, 1.165) is 24.3 Å². The third-order valence-corrected chi connectivity index (χ3v) is 4.21. The van der Waals surface area contributed by atoms with Gasteiger partial charge in [-0.05, 0) is 41.8 Å². The summed E-state index contributed by atoms with van der Waals surface area (Å²) < 4.78 is 0. The topological polar surface area (TPSA) is 20.3 Å². The maximum Gasteiger partial charge on any atom is 0.152 e. The first-order chi connectivity index (χ1) is 12.7. The fourth-order valence-corrected chi connectivity index (χ4v) is 2.96. The van der Waals surface area contributed by atoms with Crippen molar-refractivity contribution in [1.82, 2.24) is 0 Å². The predicted molar refractivity (Wildman–Crippen MR) is 109 cm³/mol. The second-order valence-electron chi connectivity index (χ2n) is 6.33. The predicted octanol–water partition coefficient (Wildman–Crippen LogP) is 5.50. The van der Waals surface area contributed by atoms with Crippen LogP contribution < -0.4 is 4.90 Å². The molecule has 0 saturated carbocycles. The highest BCUT2D eigenvalue weighted by molar-refractivity contribution is 5.92. The van der Waals surface area contributed by atoms with Gasteiger partial charge in [-0.15, -0.1) is 0 Å². The average Bonchev–Trinajstić information content (AvgIpc) is 2.68. The Bertz CT molecular complexity index is 827. The van der Waals surface area contributed by atoms with Crippen molar-refractivity contribution in [2.75, 3.05) is 4.90 Å². The van der Waals surface area contributed by atoms with E-state index in [0.29, 0.717) is 0 Å². The lowest BCUT2D eigenvalue weighted by atomic mass is 10.1. The lowest BCUT2D eigenvalue weighted by Gasteiger charge is -2.27. The quantitative estimate of drug-likeness (QED) is 0.529. The van der Waals surface area contributed by atoms with Gasteiger partial charge < -0.3 is 4.90 Å². The first-order valence-electron chi connectivity index (χ1n) is 8.83. The van der Waals surface area contributed by atoms with Gasteiger partial charge >= 0.3 is 0 Å². The van der Waals surface area contributed by atoms with E-state index in [1.165, 1.54) is 11.1 Å². The Morgan fingerprint density at radius 1 is 0.769 bits per heavy atom. The molecule has 0 atom stereocenters. The monoisotopic (exact) mass is 341 g/mol. The summed E-state index contributed by atoms with van der Waals surface area (Å²) in [5.41, 5.74) is 4.69. The van der Waals surface area contributed by atoms with Crippen molar-refractivity contribution >= 4 is 17.5 Å². The van der Waals surface area contributed by atoms with E-state index in [1.54, 1.807) is 13.0 Å². The third-order valence-electron chi connectivity index (χ3n) is 4.21. The van der Waals surface area contributed by atoms with Crippen LogP contribution >= 0.6 is 0 Å². The molecule has 3 rings (SSSR count). The van der Waals surface area contributed by atoms with E-state index in [2.05, 4.69) is 65.6 Å². The van der Waals surface area contributed by atoms with Crippen LogP contribution in [-0.2, 0) is 17.9 Å². The van der Waals surface area contributed by atoms with Crippen LogP contribution in [0.4, 0.5) is 5.69 Å². The summed E-state index contributed by atoms with van der Waals surface area (Å²) >= 11 is 0. The number of benzene rings is 3. The number of ketones is 1. The molecule has 2 heteroatoms. The molecule has 0 N–H and O–H groups in total. The molecule has 0 unspecified atom stereocenters. The lowest BCUT2D eigenvalue weighted by Crippen LogP contribution is -2.22. The Kier molecular flexibility index (Phi) is 6.00. The lowest BCUT2D eigenvalue weighted by molar-refractivity contribution is -0.112. The van der Waals surface area contributed by atoms with Crippen molar-refractivity contribution in [2.45, 2.75) is 20.0 Å². The van der Waals surface area contributed by atoms with Crippen LogP contribution in [0, 0.1) is 0 Å². The highest BCUT2D eigenvalue weighted by atomic mass is 16.1. The summed E-state index contributed by atoms with van der Waals surface area (Å²) in [6, 6.07) is 29.1. The van der Waals surface area contributed by atoms with Crippen LogP contribution in [0.15, 0.2) is 91.0 Å². The fraction of sp³-hybridized carbons (Fsp3) is 0.125. The molecule has 0 bridgehead atoms. The van der Waals surface area contributed by atoms with E-state index < -0.39 is 0 Å². The molecule has 0 aliphatic carbocycles. The maximum atomic E-state index is 11.4. The van der Waals surface area contributed by atoms with Gasteiger partial charge in [-0.25, -0.2) is 0 Å². The molecule has 26 heavy (non-hydrogen) atoms. The van der Waals surface area contributed by atoms with Gasteiger partial charge in [-0.1, -0.05) is 78.9 Å². The van der Waals surface area contributed by atoms with E-state index in [4.69, 9.17) is 0 Å². The van der Waals surface area contributed by atoms with Gasteiger partial charge in [0.15, 0.2) is 5.78 Å². The summed E-state index contributed by atoms with van der Waals surface area (Å²) in [5, 5.41) is 0. The van der Waals surface area contributed by atoms with Gasteiger partial charge in [0, 0.05) is 18.8 Å². The van der Waals surface area contributed by atoms with Crippen LogP contribution in [0.3, 0.4) is 0 Å². The number of rotatable bonds is 7.